The van der Waals surface area contributed by atoms with E-state index in [1.165, 1.54) is 0 Å². The van der Waals surface area contributed by atoms with E-state index in [0.29, 0.717) is 11.4 Å². The highest BCUT2D eigenvalue weighted by Gasteiger charge is 2.14. The molecule has 0 unspecified atom stereocenters. The summed E-state index contributed by atoms with van der Waals surface area (Å²) in [5.74, 6) is -0.0602. The zero-order valence-corrected chi connectivity index (χ0v) is 8.16. The molecule has 0 radical (unpaired) electrons. The number of carbonyl (C=O) groups excluding carboxylic acids is 1. The van der Waals surface area contributed by atoms with Crippen molar-refractivity contribution < 1.29 is 4.79 Å². The van der Waals surface area contributed by atoms with Crippen molar-refractivity contribution in [1.82, 2.24) is 4.98 Å². The number of nitrogens with zero attached hydrogens (tertiary/aromatic N) is 1. The monoisotopic (exact) mass is 178 g/mol. The average molecular weight is 178 g/mol. The summed E-state index contributed by atoms with van der Waals surface area (Å²) in [7, 11) is 0. The number of pyridine rings is 1. The van der Waals surface area contributed by atoms with E-state index >= 15 is 0 Å². The van der Waals surface area contributed by atoms with Crippen LogP contribution in [-0.2, 0) is 0 Å². The number of hydrogen-bond donors (Lipinski definition) is 1. The van der Waals surface area contributed by atoms with Crippen LogP contribution in [-0.4, -0.2) is 10.8 Å². The molecular formula is C10H14N2O. The lowest BCUT2D eigenvalue weighted by atomic mass is 10.0. The second-order valence-electron chi connectivity index (χ2n) is 3.47. The molecule has 2 N–H and O–H groups in total. The van der Waals surface area contributed by atoms with Crippen molar-refractivity contribution in [2.24, 2.45) is 5.92 Å². The molecule has 13 heavy (non-hydrogen) atoms. The molecule has 0 saturated carbocycles. The zero-order chi connectivity index (χ0) is 10.0. The topological polar surface area (TPSA) is 56.0 Å². The van der Waals surface area contributed by atoms with Gasteiger partial charge in [0.05, 0.1) is 5.69 Å². The number of carbonyl (C=O) groups is 1. The molecule has 0 aromatic carbocycles. The first-order valence-electron chi connectivity index (χ1n) is 4.28. The number of aryl methyl sites for hydroxylation is 1. The molecule has 0 saturated heterocycles. The van der Waals surface area contributed by atoms with E-state index in [1.807, 2.05) is 20.8 Å². The van der Waals surface area contributed by atoms with E-state index in [9.17, 15) is 4.79 Å². The van der Waals surface area contributed by atoms with Crippen LogP contribution >= 0.6 is 0 Å². The summed E-state index contributed by atoms with van der Waals surface area (Å²) >= 11 is 0. The van der Waals surface area contributed by atoms with Crippen LogP contribution in [0.2, 0.25) is 0 Å². The number of Topliss-reactive ketones (excluding diaryl/α,β-unsaturated/α-hetero) is 1. The zero-order valence-electron chi connectivity index (χ0n) is 8.16. The third kappa shape index (κ3) is 2.05. The van der Waals surface area contributed by atoms with E-state index in [2.05, 4.69) is 4.98 Å². The SMILES string of the molecule is Cc1cnc(C(=O)C(C)C)c(N)c1. The maximum absolute atomic E-state index is 11.5. The molecule has 3 heteroatoms. The molecule has 0 spiro atoms. The first-order valence-corrected chi connectivity index (χ1v) is 4.28. The summed E-state index contributed by atoms with van der Waals surface area (Å²) in [6.45, 7) is 5.57. The Morgan fingerprint density at radius 2 is 2.15 bits per heavy atom. The van der Waals surface area contributed by atoms with Gasteiger partial charge in [-0.1, -0.05) is 13.8 Å². The minimum absolute atomic E-state index is 0.00231. The smallest absolute Gasteiger partial charge is 0.185 e. The average Bonchev–Trinajstić information content (AvgIpc) is 2.03. The molecule has 0 aliphatic rings. The van der Waals surface area contributed by atoms with Gasteiger partial charge in [-0.2, -0.15) is 0 Å². The molecule has 1 aromatic heterocycles. The summed E-state index contributed by atoms with van der Waals surface area (Å²) in [4.78, 5) is 15.6. The number of anilines is 1. The summed E-state index contributed by atoms with van der Waals surface area (Å²) in [5, 5.41) is 0. The van der Waals surface area contributed by atoms with Crippen molar-refractivity contribution in [2.75, 3.05) is 5.73 Å². The van der Waals surface area contributed by atoms with Crippen LogP contribution in [0.1, 0.15) is 29.9 Å². The molecule has 0 atom stereocenters. The fourth-order valence-electron chi connectivity index (χ4n) is 1.07. The maximum Gasteiger partial charge on any atom is 0.185 e. The van der Waals surface area contributed by atoms with Crippen molar-refractivity contribution in [3.8, 4) is 0 Å². The molecule has 0 fully saturated rings. The van der Waals surface area contributed by atoms with Crippen molar-refractivity contribution in [3.63, 3.8) is 0 Å². The number of hydrogen-bond acceptors (Lipinski definition) is 3. The van der Waals surface area contributed by atoms with E-state index in [-0.39, 0.29) is 11.7 Å². The fraction of sp³-hybridized carbons (Fsp3) is 0.400. The van der Waals surface area contributed by atoms with Crippen molar-refractivity contribution in [1.29, 1.82) is 0 Å². The molecule has 1 aromatic rings. The van der Waals surface area contributed by atoms with Gasteiger partial charge in [-0.15, -0.1) is 0 Å². The Morgan fingerprint density at radius 1 is 1.54 bits per heavy atom. The Hall–Kier alpha value is -1.38. The van der Waals surface area contributed by atoms with Crippen LogP contribution in [0.5, 0.6) is 0 Å². The molecule has 1 rings (SSSR count). The van der Waals surface area contributed by atoms with Crippen LogP contribution in [0.3, 0.4) is 0 Å². The molecule has 0 bridgehead atoms. The summed E-state index contributed by atoms with van der Waals surface area (Å²) in [6, 6.07) is 1.77. The molecule has 3 nitrogen and oxygen atoms in total. The van der Waals surface area contributed by atoms with Gasteiger partial charge in [0.2, 0.25) is 0 Å². The van der Waals surface area contributed by atoms with Crippen LogP contribution in [0.4, 0.5) is 5.69 Å². The van der Waals surface area contributed by atoms with Crippen molar-refractivity contribution >= 4 is 11.5 Å². The normalized spacial score (nSPS) is 10.5. The van der Waals surface area contributed by atoms with E-state index < -0.39 is 0 Å². The molecule has 0 aliphatic heterocycles. The van der Waals surface area contributed by atoms with Gasteiger partial charge in [-0.3, -0.25) is 9.78 Å². The Kier molecular flexibility index (Phi) is 2.66. The highest BCUT2D eigenvalue weighted by Crippen LogP contribution is 2.14. The summed E-state index contributed by atoms with van der Waals surface area (Å²) < 4.78 is 0. The quantitative estimate of drug-likeness (QED) is 0.703. The number of nitrogen functional groups attached to an aromatic ring is 1. The molecule has 70 valence electrons. The van der Waals surface area contributed by atoms with Gasteiger partial charge in [-0.05, 0) is 18.6 Å². The summed E-state index contributed by atoms with van der Waals surface area (Å²) in [5.41, 5.74) is 7.51. The summed E-state index contributed by atoms with van der Waals surface area (Å²) in [6.07, 6.45) is 1.66. The van der Waals surface area contributed by atoms with Crippen LogP contribution < -0.4 is 5.73 Å². The minimum atomic E-state index is -0.0579. The maximum atomic E-state index is 11.5. The molecule has 1 heterocycles. The first-order chi connectivity index (χ1) is 6.02. The second kappa shape index (κ2) is 3.56. The predicted octanol–water partition coefficient (Wildman–Crippen LogP) is 1.81. The Bertz CT molecular complexity index is 332. The van der Waals surface area contributed by atoms with E-state index in [4.69, 9.17) is 5.73 Å². The first kappa shape index (κ1) is 9.71. The number of nitrogens with two attached hydrogens (primary N) is 1. The highest BCUT2D eigenvalue weighted by molar-refractivity contribution is 5.99. The van der Waals surface area contributed by atoms with Gasteiger partial charge in [0.15, 0.2) is 5.78 Å². The fourth-order valence-corrected chi connectivity index (χ4v) is 1.07. The Balaban J connectivity index is 3.09. The Labute approximate surface area is 78.0 Å². The lowest BCUT2D eigenvalue weighted by molar-refractivity contribution is 0.0935. The van der Waals surface area contributed by atoms with Crippen LogP contribution in [0, 0.1) is 12.8 Å². The van der Waals surface area contributed by atoms with Crippen molar-refractivity contribution in [3.05, 3.63) is 23.5 Å². The standard InChI is InChI=1S/C10H14N2O/c1-6(2)10(13)9-8(11)4-7(3)5-12-9/h4-6H,11H2,1-3H3. The van der Waals surface area contributed by atoms with Crippen LogP contribution in [0.15, 0.2) is 12.3 Å². The lowest BCUT2D eigenvalue weighted by Gasteiger charge is -2.06. The van der Waals surface area contributed by atoms with Gasteiger partial charge in [0.25, 0.3) is 0 Å². The number of rotatable bonds is 2. The molecular weight excluding hydrogens is 164 g/mol. The Morgan fingerprint density at radius 3 is 2.62 bits per heavy atom. The molecule has 0 amide bonds. The van der Waals surface area contributed by atoms with Crippen LogP contribution in [0.25, 0.3) is 0 Å². The lowest BCUT2D eigenvalue weighted by Crippen LogP contribution is -2.12. The highest BCUT2D eigenvalue weighted by atomic mass is 16.1. The third-order valence-electron chi connectivity index (χ3n) is 1.81. The molecule has 0 aliphatic carbocycles. The number of aromatic nitrogens is 1. The predicted molar refractivity (Wildman–Crippen MR) is 52.6 cm³/mol. The third-order valence-corrected chi connectivity index (χ3v) is 1.81. The second-order valence-corrected chi connectivity index (χ2v) is 3.47. The van der Waals surface area contributed by atoms with Gasteiger partial charge in [0, 0.05) is 12.1 Å². The van der Waals surface area contributed by atoms with Gasteiger partial charge in [-0.25, -0.2) is 0 Å². The van der Waals surface area contributed by atoms with Crippen molar-refractivity contribution in [2.45, 2.75) is 20.8 Å². The number of ketones is 1. The van der Waals surface area contributed by atoms with Gasteiger partial charge < -0.3 is 5.73 Å². The largest absolute Gasteiger partial charge is 0.397 e. The van der Waals surface area contributed by atoms with Gasteiger partial charge in [0.1, 0.15) is 5.69 Å². The minimum Gasteiger partial charge on any atom is -0.397 e. The van der Waals surface area contributed by atoms with E-state index in [0.717, 1.165) is 5.56 Å². The van der Waals surface area contributed by atoms with Gasteiger partial charge >= 0.3 is 0 Å². The van der Waals surface area contributed by atoms with E-state index in [1.54, 1.807) is 12.3 Å².